The van der Waals surface area contributed by atoms with E-state index in [0.717, 1.165) is 0 Å². The molecule has 19 heavy (non-hydrogen) atoms. The molecule has 102 valence electrons. The number of ether oxygens (including phenoxy) is 1. The molecular formula is C12H14N2O5. The Morgan fingerprint density at radius 1 is 1.47 bits per heavy atom. The lowest BCUT2D eigenvalue weighted by Crippen LogP contribution is -2.38. The summed E-state index contributed by atoms with van der Waals surface area (Å²) in [7, 11) is 0. The SMILES string of the molecule is NOOc1ccccc1CC(=O)N[C@@H]1CCOC1=O. The minimum Gasteiger partial charge on any atom is -0.464 e. The number of amides is 1. The summed E-state index contributed by atoms with van der Waals surface area (Å²) in [4.78, 5) is 31.9. The van der Waals surface area contributed by atoms with Crippen LogP contribution in [0.1, 0.15) is 12.0 Å². The third-order valence-electron chi connectivity index (χ3n) is 2.73. The lowest BCUT2D eigenvalue weighted by molar-refractivity contribution is -0.212. The molecule has 1 aromatic carbocycles. The van der Waals surface area contributed by atoms with Gasteiger partial charge in [0.15, 0.2) is 5.75 Å². The number of hydrogen-bond donors (Lipinski definition) is 2. The molecule has 0 aliphatic carbocycles. The van der Waals surface area contributed by atoms with Gasteiger partial charge in [-0.2, -0.15) is 5.90 Å². The van der Waals surface area contributed by atoms with Crippen LogP contribution in [0.3, 0.4) is 0 Å². The molecule has 7 nitrogen and oxygen atoms in total. The van der Waals surface area contributed by atoms with Gasteiger partial charge in [0.25, 0.3) is 0 Å². The second-order valence-electron chi connectivity index (χ2n) is 4.04. The van der Waals surface area contributed by atoms with E-state index >= 15 is 0 Å². The molecule has 0 radical (unpaired) electrons. The van der Waals surface area contributed by atoms with Crippen LogP contribution in [0.4, 0.5) is 0 Å². The first-order valence-corrected chi connectivity index (χ1v) is 5.78. The number of cyclic esters (lactones) is 1. The Morgan fingerprint density at radius 3 is 2.95 bits per heavy atom. The summed E-state index contributed by atoms with van der Waals surface area (Å²) in [5.41, 5.74) is 0.608. The van der Waals surface area contributed by atoms with Crippen molar-refractivity contribution in [3.05, 3.63) is 29.8 Å². The number of nitrogens with one attached hydrogen (secondary N) is 1. The van der Waals surface area contributed by atoms with Crippen LogP contribution in [0.5, 0.6) is 5.75 Å². The zero-order valence-electron chi connectivity index (χ0n) is 10.1. The van der Waals surface area contributed by atoms with E-state index in [1.54, 1.807) is 24.3 Å². The number of para-hydroxylation sites is 1. The number of carbonyl (C=O) groups is 2. The van der Waals surface area contributed by atoms with Crippen LogP contribution in [-0.4, -0.2) is 24.5 Å². The van der Waals surface area contributed by atoms with Gasteiger partial charge in [0.05, 0.1) is 13.0 Å². The van der Waals surface area contributed by atoms with Crippen molar-refractivity contribution in [3.8, 4) is 5.75 Å². The summed E-state index contributed by atoms with van der Waals surface area (Å²) < 4.78 is 4.76. The van der Waals surface area contributed by atoms with E-state index in [9.17, 15) is 9.59 Å². The van der Waals surface area contributed by atoms with Crippen LogP contribution < -0.4 is 16.1 Å². The molecule has 0 bridgehead atoms. The van der Waals surface area contributed by atoms with Gasteiger partial charge in [-0.25, -0.2) is 4.79 Å². The van der Waals surface area contributed by atoms with E-state index in [4.69, 9.17) is 15.5 Å². The Labute approximate surface area is 109 Å². The normalized spacial score (nSPS) is 17.9. The van der Waals surface area contributed by atoms with E-state index < -0.39 is 12.0 Å². The molecule has 1 fully saturated rings. The third-order valence-corrected chi connectivity index (χ3v) is 2.73. The van der Waals surface area contributed by atoms with Crippen LogP contribution in [0, 0.1) is 0 Å². The Bertz CT molecular complexity index is 477. The topological polar surface area (TPSA) is 99.9 Å². The number of nitrogens with two attached hydrogens (primary N) is 1. The molecule has 1 atom stereocenters. The number of hydrogen-bond acceptors (Lipinski definition) is 6. The summed E-state index contributed by atoms with van der Waals surface area (Å²) >= 11 is 0. The van der Waals surface area contributed by atoms with Crippen molar-refractivity contribution >= 4 is 11.9 Å². The maximum absolute atomic E-state index is 11.8. The first-order valence-electron chi connectivity index (χ1n) is 5.78. The molecule has 0 unspecified atom stereocenters. The fourth-order valence-corrected chi connectivity index (χ4v) is 1.83. The van der Waals surface area contributed by atoms with Crippen LogP contribution in [0.25, 0.3) is 0 Å². The molecule has 1 saturated heterocycles. The molecular weight excluding hydrogens is 252 g/mol. The van der Waals surface area contributed by atoms with Crippen molar-refractivity contribution in [2.75, 3.05) is 6.61 Å². The smallest absolute Gasteiger partial charge is 0.328 e. The summed E-state index contributed by atoms with van der Waals surface area (Å²) in [6.07, 6.45) is 0.554. The van der Waals surface area contributed by atoms with Crippen LogP contribution in [-0.2, 0) is 25.7 Å². The molecule has 1 aliphatic rings. The predicted octanol–water partition coefficient (Wildman–Crippen LogP) is -0.155. The van der Waals surface area contributed by atoms with E-state index in [1.807, 2.05) is 0 Å². The molecule has 0 aromatic heterocycles. The van der Waals surface area contributed by atoms with Gasteiger partial charge in [0.1, 0.15) is 6.04 Å². The monoisotopic (exact) mass is 266 g/mol. The number of carbonyl (C=O) groups excluding carboxylic acids is 2. The predicted molar refractivity (Wildman–Crippen MR) is 63.6 cm³/mol. The largest absolute Gasteiger partial charge is 0.464 e. The van der Waals surface area contributed by atoms with Crippen molar-refractivity contribution in [2.45, 2.75) is 18.9 Å². The Balaban J connectivity index is 1.96. The fourth-order valence-electron chi connectivity index (χ4n) is 1.83. The molecule has 0 spiro atoms. The highest BCUT2D eigenvalue weighted by molar-refractivity contribution is 5.86. The van der Waals surface area contributed by atoms with Gasteiger partial charge in [-0.15, -0.1) is 0 Å². The number of rotatable bonds is 5. The first-order chi connectivity index (χ1) is 9.20. The summed E-state index contributed by atoms with van der Waals surface area (Å²) in [5, 5.41) is 2.61. The van der Waals surface area contributed by atoms with Crippen molar-refractivity contribution in [1.82, 2.24) is 5.32 Å². The zero-order chi connectivity index (χ0) is 13.7. The lowest BCUT2D eigenvalue weighted by atomic mass is 10.1. The zero-order valence-corrected chi connectivity index (χ0v) is 10.1. The maximum atomic E-state index is 11.8. The minimum atomic E-state index is -0.564. The highest BCUT2D eigenvalue weighted by Crippen LogP contribution is 2.18. The quantitative estimate of drug-likeness (QED) is 0.436. The van der Waals surface area contributed by atoms with Crippen LogP contribution in [0.15, 0.2) is 24.3 Å². The minimum absolute atomic E-state index is 0.0588. The fraction of sp³-hybridized carbons (Fsp3) is 0.333. The lowest BCUT2D eigenvalue weighted by Gasteiger charge is -2.10. The van der Waals surface area contributed by atoms with Crippen molar-refractivity contribution < 1.29 is 24.2 Å². The van der Waals surface area contributed by atoms with Gasteiger partial charge in [-0.1, -0.05) is 23.2 Å². The van der Waals surface area contributed by atoms with Crippen molar-refractivity contribution in [1.29, 1.82) is 0 Å². The Morgan fingerprint density at radius 2 is 2.26 bits per heavy atom. The summed E-state index contributed by atoms with van der Waals surface area (Å²) in [5.74, 6) is 4.49. The second kappa shape index (κ2) is 6.17. The molecule has 2 rings (SSSR count). The highest BCUT2D eigenvalue weighted by Gasteiger charge is 2.28. The molecule has 1 heterocycles. The number of esters is 1. The average molecular weight is 266 g/mol. The summed E-state index contributed by atoms with van der Waals surface area (Å²) in [6.45, 7) is 0.338. The van der Waals surface area contributed by atoms with E-state index in [0.29, 0.717) is 24.3 Å². The second-order valence-corrected chi connectivity index (χ2v) is 4.04. The molecule has 1 amide bonds. The van der Waals surface area contributed by atoms with Gasteiger partial charge >= 0.3 is 5.97 Å². The molecule has 7 heteroatoms. The van der Waals surface area contributed by atoms with Crippen molar-refractivity contribution in [2.24, 2.45) is 5.90 Å². The Hall–Kier alpha value is -2.12. The molecule has 3 N–H and O–H groups in total. The maximum Gasteiger partial charge on any atom is 0.328 e. The van der Waals surface area contributed by atoms with Crippen LogP contribution in [0.2, 0.25) is 0 Å². The van der Waals surface area contributed by atoms with E-state index in [1.165, 1.54) is 0 Å². The summed E-state index contributed by atoms with van der Waals surface area (Å²) in [6, 6.07) is 6.26. The van der Waals surface area contributed by atoms with Gasteiger partial charge in [-0.05, 0) is 6.07 Å². The Kier molecular flexibility index (Phi) is 4.32. The van der Waals surface area contributed by atoms with Gasteiger partial charge < -0.3 is 14.9 Å². The highest BCUT2D eigenvalue weighted by atomic mass is 17.3. The van der Waals surface area contributed by atoms with E-state index in [2.05, 4.69) is 10.3 Å². The van der Waals surface area contributed by atoms with Gasteiger partial charge in [-0.3, -0.25) is 4.79 Å². The number of benzene rings is 1. The van der Waals surface area contributed by atoms with Gasteiger partial charge in [0.2, 0.25) is 5.91 Å². The third kappa shape index (κ3) is 3.43. The van der Waals surface area contributed by atoms with Crippen LogP contribution >= 0.6 is 0 Å². The molecule has 0 saturated carbocycles. The standard InChI is InChI=1S/C12H14N2O5/c13-19-18-10-4-2-1-3-8(10)7-11(15)14-9-5-6-17-12(9)16/h1-4,9H,5-7,13H2,(H,14,15)/t9-/m1/s1. The first kappa shape index (κ1) is 13.3. The van der Waals surface area contributed by atoms with Gasteiger partial charge in [0, 0.05) is 12.0 Å². The van der Waals surface area contributed by atoms with E-state index in [-0.39, 0.29) is 12.3 Å². The average Bonchev–Trinajstić information content (AvgIpc) is 2.78. The molecule has 1 aromatic rings. The molecule has 1 aliphatic heterocycles. The van der Waals surface area contributed by atoms with Crippen molar-refractivity contribution in [3.63, 3.8) is 0 Å².